The number of carbonyl (C=O) groups excluding carboxylic acids is 2. The van der Waals surface area contributed by atoms with Crippen LogP contribution in [0.15, 0.2) is 30.3 Å². The van der Waals surface area contributed by atoms with Crippen LogP contribution in [0.1, 0.15) is 45.6 Å². The lowest BCUT2D eigenvalue weighted by Gasteiger charge is -2.20. The van der Waals surface area contributed by atoms with Gasteiger partial charge in [-0.1, -0.05) is 30.3 Å². The van der Waals surface area contributed by atoms with E-state index in [0.29, 0.717) is 19.5 Å². The molecule has 0 bridgehead atoms. The van der Waals surface area contributed by atoms with Gasteiger partial charge in [-0.25, -0.2) is 4.79 Å². The number of benzene rings is 1. The van der Waals surface area contributed by atoms with Crippen LogP contribution in [0, 0.1) is 0 Å². The quantitative estimate of drug-likeness (QED) is 0.529. The van der Waals surface area contributed by atoms with Crippen LogP contribution >= 0.6 is 0 Å². The molecule has 25 heavy (non-hydrogen) atoms. The SMILES string of the molecule is COC(=O)[C@H](CCCCNC(=O)OC(C)(C)C)NCc1ccccc1. The molecule has 1 atom stereocenters. The molecule has 0 radical (unpaired) electrons. The van der Waals surface area contributed by atoms with Crippen LogP contribution in [-0.4, -0.2) is 37.4 Å². The second kappa shape index (κ2) is 10.7. The van der Waals surface area contributed by atoms with E-state index in [4.69, 9.17) is 9.47 Å². The number of nitrogens with one attached hydrogen (secondary N) is 2. The van der Waals surface area contributed by atoms with Crippen molar-refractivity contribution in [2.75, 3.05) is 13.7 Å². The highest BCUT2D eigenvalue weighted by molar-refractivity contribution is 5.75. The third-order valence-electron chi connectivity index (χ3n) is 3.47. The molecule has 0 spiro atoms. The molecule has 2 N–H and O–H groups in total. The largest absolute Gasteiger partial charge is 0.468 e. The number of alkyl carbamates (subject to hydrolysis) is 1. The predicted octanol–water partition coefficient (Wildman–Crippen LogP) is 3.01. The van der Waals surface area contributed by atoms with Gasteiger partial charge in [0, 0.05) is 13.1 Å². The normalized spacial score (nSPS) is 12.3. The number of ether oxygens (including phenoxy) is 2. The molecule has 0 saturated carbocycles. The Balaban J connectivity index is 2.29. The van der Waals surface area contributed by atoms with Crippen molar-refractivity contribution in [3.05, 3.63) is 35.9 Å². The monoisotopic (exact) mass is 350 g/mol. The van der Waals surface area contributed by atoms with Crippen LogP contribution in [-0.2, 0) is 20.8 Å². The van der Waals surface area contributed by atoms with Crippen molar-refractivity contribution in [3.63, 3.8) is 0 Å². The third-order valence-corrected chi connectivity index (χ3v) is 3.47. The van der Waals surface area contributed by atoms with E-state index in [1.807, 2.05) is 51.1 Å². The average molecular weight is 350 g/mol. The Bertz CT molecular complexity index is 526. The molecular weight excluding hydrogens is 320 g/mol. The molecule has 0 unspecified atom stereocenters. The molecule has 1 amide bonds. The molecule has 1 aromatic carbocycles. The standard InChI is InChI=1S/C19H30N2O4/c1-19(2,3)25-18(23)20-13-9-8-12-16(17(22)24-4)21-14-15-10-6-5-7-11-15/h5-7,10-11,16,21H,8-9,12-14H2,1-4H3,(H,20,23)/t16-/m0/s1. The molecule has 0 heterocycles. The predicted molar refractivity (Wildman–Crippen MR) is 97.2 cm³/mol. The van der Waals surface area contributed by atoms with Crippen LogP contribution in [0.3, 0.4) is 0 Å². The Kier molecular flexibility index (Phi) is 8.99. The lowest BCUT2D eigenvalue weighted by molar-refractivity contribution is -0.143. The highest BCUT2D eigenvalue weighted by atomic mass is 16.6. The Labute approximate surface area is 150 Å². The zero-order valence-electron chi connectivity index (χ0n) is 15.6. The summed E-state index contributed by atoms with van der Waals surface area (Å²) in [6, 6.07) is 9.54. The zero-order valence-corrected chi connectivity index (χ0v) is 15.6. The van der Waals surface area contributed by atoms with E-state index in [2.05, 4.69) is 10.6 Å². The molecule has 0 aliphatic rings. The van der Waals surface area contributed by atoms with Gasteiger partial charge >= 0.3 is 12.1 Å². The summed E-state index contributed by atoms with van der Waals surface area (Å²) in [5.74, 6) is -0.268. The van der Waals surface area contributed by atoms with Crippen molar-refractivity contribution in [1.29, 1.82) is 0 Å². The van der Waals surface area contributed by atoms with Crippen LogP contribution in [0.5, 0.6) is 0 Å². The van der Waals surface area contributed by atoms with Crippen LogP contribution in [0.25, 0.3) is 0 Å². The van der Waals surface area contributed by atoms with Crippen LogP contribution < -0.4 is 10.6 Å². The minimum atomic E-state index is -0.499. The van der Waals surface area contributed by atoms with Gasteiger partial charge < -0.3 is 20.1 Å². The minimum absolute atomic E-state index is 0.268. The highest BCUT2D eigenvalue weighted by Gasteiger charge is 2.18. The molecule has 6 nitrogen and oxygen atoms in total. The van der Waals surface area contributed by atoms with Gasteiger partial charge in [0.1, 0.15) is 11.6 Å². The van der Waals surface area contributed by atoms with Crippen LogP contribution in [0.4, 0.5) is 4.79 Å². The van der Waals surface area contributed by atoms with Gasteiger partial charge in [-0.3, -0.25) is 4.79 Å². The minimum Gasteiger partial charge on any atom is -0.468 e. The van der Waals surface area contributed by atoms with E-state index >= 15 is 0 Å². The van der Waals surface area contributed by atoms with Gasteiger partial charge in [-0.05, 0) is 45.6 Å². The Morgan fingerprint density at radius 2 is 1.80 bits per heavy atom. The van der Waals surface area contributed by atoms with Gasteiger partial charge in [-0.2, -0.15) is 0 Å². The van der Waals surface area contributed by atoms with Gasteiger partial charge in [0.25, 0.3) is 0 Å². The average Bonchev–Trinajstić information content (AvgIpc) is 2.56. The fraction of sp³-hybridized carbons (Fsp3) is 0.579. The third kappa shape index (κ3) is 9.72. The maximum absolute atomic E-state index is 11.9. The fourth-order valence-corrected chi connectivity index (χ4v) is 2.26. The molecule has 0 aliphatic heterocycles. The van der Waals surface area contributed by atoms with Crippen molar-refractivity contribution in [2.24, 2.45) is 0 Å². The van der Waals surface area contributed by atoms with E-state index in [1.165, 1.54) is 7.11 Å². The van der Waals surface area contributed by atoms with E-state index in [-0.39, 0.29) is 12.0 Å². The maximum Gasteiger partial charge on any atom is 0.407 e. The lowest BCUT2D eigenvalue weighted by atomic mass is 10.1. The molecule has 1 rings (SSSR count). The number of esters is 1. The number of hydrogen-bond acceptors (Lipinski definition) is 5. The van der Waals surface area contributed by atoms with Gasteiger partial charge in [0.15, 0.2) is 0 Å². The van der Waals surface area contributed by atoms with Crippen LogP contribution in [0.2, 0.25) is 0 Å². The first-order chi connectivity index (χ1) is 11.8. The van der Waals surface area contributed by atoms with Crippen molar-refractivity contribution in [2.45, 2.75) is 58.2 Å². The lowest BCUT2D eigenvalue weighted by Crippen LogP contribution is -2.37. The van der Waals surface area contributed by atoms with E-state index in [9.17, 15) is 9.59 Å². The van der Waals surface area contributed by atoms with Crippen molar-refractivity contribution >= 4 is 12.1 Å². The van der Waals surface area contributed by atoms with Gasteiger partial charge in [0.2, 0.25) is 0 Å². The summed E-state index contributed by atoms with van der Waals surface area (Å²) in [5.41, 5.74) is 0.615. The highest BCUT2D eigenvalue weighted by Crippen LogP contribution is 2.07. The molecule has 140 valence electrons. The molecule has 1 aromatic rings. The number of methoxy groups -OCH3 is 1. The summed E-state index contributed by atoms with van der Waals surface area (Å²) in [6.45, 7) is 6.60. The molecule has 0 saturated heterocycles. The first kappa shape index (κ1) is 21.0. The molecule has 6 heteroatoms. The summed E-state index contributed by atoms with van der Waals surface area (Å²) in [4.78, 5) is 23.4. The van der Waals surface area contributed by atoms with Crippen molar-refractivity contribution in [3.8, 4) is 0 Å². The molecule has 0 aliphatic carbocycles. The second-order valence-electron chi connectivity index (χ2n) is 6.87. The molecular formula is C19H30N2O4. The topological polar surface area (TPSA) is 76.7 Å². The fourth-order valence-electron chi connectivity index (χ4n) is 2.26. The second-order valence-corrected chi connectivity index (χ2v) is 6.87. The van der Waals surface area contributed by atoms with Crippen molar-refractivity contribution < 1.29 is 19.1 Å². The van der Waals surface area contributed by atoms with E-state index in [0.717, 1.165) is 18.4 Å². The Morgan fingerprint density at radius 1 is 1.12 bits per heavy atom. The number of unbranched alkanes of at least 4 members (excludes halogenated alkanes) is 1. The first-order valence-electron chi connectivity index (χ1n) is 8.64. The van der Waals surface area contributed by atoms with Gasteiger partial charge in [-0.15, -0.1) is 0 Å². The molecule has 0 aromatic heterocycles. The molecule has 0 fully saturated rings. The first-order valence-corrected chi connectivity index (χ1v) is 8.64. The van der Waals surface area contributed by atoms with E-state index in [1.54, 1.807) is 0 Å². The maximum atomic E-state index is 11.9. The van der Waals surface area contributed by atoms with Crippen molar-refractivity contribution in [1.82, 2.24) is 10.6 Å². The summed E-state index contributed by atoms with van der Waals surface area (Å²) < 4.78 is 10.0. The summed E-state index contributed by atoms with van der Waals surface area (Å²) in [6.07, 6.45) is 1.78. The summed E-state index contributed by atoms with van der Waals surface area (Å²) in [5, 5.41) is 5.95. The summed E-state index contributed by atoms with van der Waals surface area (Å²) >= 11 is 0. The zero-order chi connectivity index (χ0) is 18.7. The summed E-state index contributed by atoms with van der Waals surface area (Å²) in [7, 11) is 1.39. The number of amides is 1. The Morgan fingerprint density at radius 3 is 2.40 bits per heavy atom. The smallest absolute Gasteiger partial charge is 0.407 e. The number of hydrogen-bond donors (Lipinski definition) is 2. The number of carbonyl (C=O) groups is 2. The van der Waals surface area contributed by atoms with Gasteiger partial charge in [0.05, 0.1) is 7.11 Å². The van der Waals surface area contributed by atoms with E-state index < -0.39 is 11.7 Å². The Hall–Kier alpha value is -2.08. The number of rotatable bonds is 9.